The molecule has 1 N–H and O–H groups in total. The van der Waals surface area contributed by atoms with Gasteiger partial charge in [0.05, 0.1) is 17.2 Å². The summed E-state index contributed by atoms with van der Waals surface area (Å²) in [6.07, 6.45) is 3.39. The Morgan fingerprint density at radius 2 is 1.50 bits per heavy atom. The molecule has 9 nitrogen and oxygen atoms in total. The fourth-order valence-electron chi connectivity index (χ4n) is 5.54. The van der Waals surface area contributed by atoms with Gasteiger partial charge in [-0.15, -0.1) is 0 Å². The average molecular weight is 596 g/mol. The van der Waals surface area contributed by atoms with Gasteiger partial charge in [-0.1, -0.05) is 19.1 Å². The monoisotopic (exact) mass is 595 g/mol. The molecule has 6 rings (SSSR count). The van der Waals surface area contributed by atoms with E-state index in [4.69, 9.17) is 0 Å². The Bertz CT molecular complexity index is 1630. The molecule has 4 aromatic rings. The molecule has 2 aliphatic heterocycles. The van der Waals surface area contributed by atoms with E-state index in [0.717, 1.165) is 50.3 Å². The first-order chi connectivity index (χ1) is 20.3. The maximum atomic E-state index is 15.1. The lowest BCUT2D eigenvalue weighted by molar-refractivity contribution is 0.132. The quantitative estimate of drug-likeness (QED) is 0.329. The number of anilines is 2. The van der Waals surface area contributed by atoms with Crippen LogP contribution in [0.15, 0.2) is 54.9 Å². The Morgan fingerprint density at radius 1 is 0.857 bits per heavy atom. The van der Waals surface area contributed by atoms with Crippen molar-refractivity contribution in [3.05, 3.63) is 77.6 Å². The lowest BCUT2D eigenvalue weighted by Gasteiger charge is -2.34. The van der Waals surface area contributed by atoms with Gasteiger partial charge in [-0.2, -0.15) is 4.98 Å². The van der Waals surface area contributed by atoms with Gasteiger partial charge in [-0.05, 0) is 42.4 Å². The van der Waals surface area contributed by atoms with Gasteiger partial charge in [0.25, 0.3) is 0 Å². The van der Waals surface area contributed by atoms with Crippen molar-refractivity contribution < 1.29 is 17.2 Å². The van der Waals surface area contributed by atoms with E-state index in [1.54, 1.807) is 27.9 Å². The van der Waals surface area contributed by atoms with Gasteiger partial charge < -0.3 is 14.8 Å². The van der Waals surface area contributed by atoms with E-state index in [2.05, 4.69) is 44.1 Å². The Morgan fingerprint density at radius 3 is 2.17 bits per heavy atom. The van der Waals surface area contributed by atoms with Crippen molar-refractivity contribution in [2.45, 2.75) is 20.0 Å². The topological polar surface area (TPSA) is 86.6 Å². The van der Waals surface area contributed by atoms with Crippen LogP contribution in [0.25, 0.3) is 16.7 Å². The number of fused-ring (bicyclic) bond motifs is 1. The molecule has 2 aliphatic rings. The van der Waals surface area contributed by atoms with Crippen molar-refractivity contribution in [3.8, 4) is 5.69 Å². The van der Waals surface area contributed by atoms with E-state index in [-0.39, 0.29) is 36.7 Å². The lowest BCUT2D eigenvalue weighted by atomic mass is 10.1. The van der Waals surface area contributed by atoms with Crippen LogP contribution in [0.1, 0.15) is 18.1 Å². The van der Waals surface area contributed by atoms with E-state index < -0.39 is 21.5 Å². The molecule has 2 aromatic carbocycles. The van der Waals surface area contributed by atoms with E-state index >= 15 is 8.78 Å². The van der Waals surface area contributed by atoms with E-state index in [1.807, 2.05) is 12.1 Å². The summed E-state index contributed by atoms with van der Waals surface area (Å²) in [5.41, 5.74) is 2.84. The summed E-state index contributed by atoms with van der Waals surface area (Å²) in [6, 6.07) is 12.6. The molecule has 0 radical (unpaired) electrons. The summed E-state index contributed by atoms with van der Waals surface area (Å²) in [6.45, 7) is 9.11. The molecule has 2 saturated heterocycles. The van der Waals surface area contributed by atoms with Crippen LogP contribution in [0.5, 0.6) is 0 Å². The van der Waals surface area contributed by atoms with Crippen LogP contribution in [0.3, 0.4) is 0 Å². The first-order valence-corrected chi connectivity index (χ1v) is 16.1. The van der Waals surface area contributed by atoms with Crippen LogP contribution in [-0.4, -0.2) is 95.0 Å². The van der Waals surface area contributed by atoms with Crippen LogP contribution in [0.2, 0.25) is 0 Å². The Labute approximate surface area is 244 Å². The zero-order valence-corrected chi connectivity index (χ0v) is 24.5. The second kappa shape index (κ2) is 12.0. The summed E-state index contributed by atoms with van der Waals surface area (Å²) in [5, 5.41) is 3.97. The van der Waals surface area contributed by atoms with Crippen molar-refractivity contribution in [2.24, 2.45) is 0 Å². The molecule has 0 atom stereocenters. The van der Waals surface area contributed by atoms with Crippen LogP contribution < -0.4 is 5.32 Å². The number of piperazine rings is 1. The second-order valence-corrected chi connectivity index (χ2v) is 13.3. The number of nitrogens with one attached hydrogen (secondary N) is 1. The molecular formula is C30H35F2N7O2S. The highest BCUT2D eigenvalue weighted by Crippen LogP contribution is 2.25. The number of nitrogens with zero attached hydrogens (tertiary/aromatic N) is 6. The van der Waals surface area contributed by atoms with Crippen molar-refractivity contribution in [1.29, 1.82) is 0 Å². The summed E-state index contributed by atoms with van der Waals surface area (Å²) in [5.74, 6) is -0.982. The van der Waals surface area contributed by atoms with Gasteiger partial charge >= 0.3 is 0 Å². The predicted octanol–water partition coefficient (Wildman–Crippen LogP) is 3.81. The summed E-state index contributed by atoms with van der Waals surface area (Å²) in [7, 11) is -3.07. The molecule has 0 unspecified atom stereocenters. The Balaban J connectivity index is 1.15. The van der Waals surface area contributed by atoms with E-state index in [1.165, 1.54) is 17.7 Å². The minimum atomic E-state index is -3.07. The molecule has 2 fully saturated rings. The van der Waals surface area contributed by atoms with Crippen LogP contribution in [0, 0.1) is 11.6 Å². The molecule has 42 heavy (non-hydrogen) atoms. The Hall–Kier alpha value is -3.45. The smallest absolute Gasteiger partial charge is 0.229 e. The number of rotatable bonds is 8. The minimum Gasteiger partial charge on any atom is -0.324 e. The number of hydrogen-bond donors (Lipinski definition) is 1. The molecule has 0 saturated carbocycles. The third-order valence-electron chi connectivity index (χ3n) is 8.18. The van der Waals surface area contributed by atoms with Gasteiger partial charge in [0.15, 0.2) is 9.84 Å². The molecule has 0 spiro atoms. The standard InChI is InChI=1S/C30H35F2N7O2S/c1-2-36-9-11-37(12-10-36)20-22-3-5-24(6-4-22)34-30-33-19-23-7-8-39(29(23)35-30)25-17-27(31)26(28(32)18-25)21-38-13-15-42(40,41)16-14-38/h3-8,17-19H,2,9-16,20-21H2,1H3,(H,33,34,35). The highest BCUT2D eigenvalue weighted by molar-refractivity contribution is 7.91. The molecule has 0 aliphatic carbocycles. The van der Waals surface area contributed by atoms with Crippen LogP contribution in [-0.2, 0) is 22.9 Å². The van der Waals surface area contributed by atoms with Gasteiger partial charge in [0, 0.05) is 81.4 Å². The Kier molecular flexibility index (Phi) is 8.22. The third-order valence-corrected chi connectivity index (χ3v) is 9.79. The third kappa shape index (κ3) is 6.46. The number of aromatic nitrogens is 3. The number of hydrogen-bond acceptors (Lipinski definition) is 8. The van der Waals surface area contributed by atoms with Gasteiger partial charge in [0.1, 0.15) is 17.3 Å². The minimum absolute atomic E-state index is 0.000579. The van der Waals surface area contributed by atoms with Crippen molar-refractivity contribution in [3.63, 3.8) is 0 Å². The number of benzene rings is 2. The van der Waals surface area contributed by atoms with Crippen LogP contribution in [0.4, 0.5) is 20.4 Å². The largest absolute Gasteiger partial charge is 0.324 e. The number of halogens is 2. The van der Waals surface area contributed by atoms with Crippen molar-refractivity contribution >= 4 is 32.5 Å². The number of likely N-dealkylation sites (N-methyl/N-ethyl adjacent to an activating group) is 1. The molecule has 2 aromatic heterocycles. The normalized spacial score (nSPS) is 18.5. The second-order valence-electron chi connectivity index (χ2n) is 11.0. The zero-order chi connectivity index (χ0) is 29.3. The lowest BCUT2D eigenvalue weighted by Crippen LogP contribution is -2.45. The maximum Gasteiger partial charge on any atom is 0.229 e. The average Bonchev–Trinajstić information content (AvgIpc) is 3.40. The van der Waals surface area contributed by atoms with Crippen LogP contribution >= 0.6 is 0 Å². The molecule has 0 amide bonds. The van der Waals surface area contributed by atoms with E-state index in [9.17, 15) is 8.42 Å². The number of sulfone groups is 1. The van der Waals surface area contributed by atoms with E-state index in [0.29, 0.717) is 17.3 Å². The molecular weight excluding hydrogens is 560 g/mol. The maximum absolute atomic E-state index is 15.1. The first kappa shape index (κ1) is 28.7. The van der Waals surface area contributed by atoms with Gasteiger partial charge in [0.2, 0.25) is 5.95 Å². The SMILES string of the molecule is CCN1CCN(Cc2ccc(Nc3ncc4ccn(-c5cc(F)c(CN6CCS(=O)(=O)CC6)c(F)c5)c4n3)cc2)CC1. The zero-order valence-electron chi connectivity index (χ0n) is 23.6. The van der Waals surface area contributed by atoms with Crippen molar-refractivity contribution in [1.82, 2.24) is 29.2 Å². The molecule has 4 heterocycles. The van der Waals surface area contributed by atoms with Crippen molar-refractivity contribution in [2.75, 3.05) is 62.6 Å². The summed E-state index contributed by atoms with van der Waals surface area (Å²) < 4.78 is 55.3. The molecule has 222 valence electrons. The summed E-state index contributed by atoms with van der Waals surface area (Å²) >= 11 is 0. The first-order valence-electron chi connectivity index (χ1n) is 14.3. The fraction of sp³-hybridized carbons (Fsp3) is 0.400. The summed E-state index contributed by atoms with van der Waals surface area (Å²) in [4.78, 5) is 15.8. The highest BCUT2D eigenvalue weighted by Gasteiger charge is 2.24. The predicted molar refractivity (Wildman–Crippen MR) is 160 cm³/mol. The fourth-order valence-corrected chi connectivity index (χ4v) is 6.82. The van der Waals surface area contributed by atoms with Gasteiger partial charge in [-0.25, -0.2) is 22.2 Å². The highest BCUT2D eigenvalue weighted by atomic mass is 32.2. The molecule has 0 bridgehead atoms. The molecule has 12 heteroatoms. The van der Waals surface area contributed by atoms with Gasteiger partial charge in [-0.3, -0.25) is 9.80 Å².